The van der Waals surface area contributed by atoms with E-state index in [1.165, 1.54) is 21.3 Å². The lowest BCUT2D eigenvalue weighted by atomic mass is 10.0. The molecule has 0 aliphatic heterocycles. The van der Waals surface area contributed by atoms with E-state index >= 15 is 0 Å². The quantitative estimate of drug-likeness (QED) is 0.792. The molecule has 0 saturated heterocycles. The van der Waals surface area contributed by atoms with E-state index in [-0.39, 0.29) is 5.78 Å². The van der Waals surface area contributed by atoms with Gasteiger partial charge in [-0.05, 0) is 30.3 Å². The van der Waals surface area contributed by atoms with E-state index in [9.17, 15) is 4.79 Å². The molecular formula is C16H15ClO4. The van der Waals surface area contributed by atoms with Crippen LogP contribution in [-0.2, 0) is 0 Å². The van der Waals surface area contributed by atoms with Gasteiger partial charge in [-0.25, -0.2) is 0 Å². The molecule has 2 aromatic carbocycles. The number of hydrogen-bond donors (Lipinski definition) is 0. The minimum absolute atomic E-state index is 0.267. The summed E-state index contributed by atoms with van der Waals surface area (Å²) < 4.78 is 15.6. The first-order valence-corrected chi connectivity index (χ1v) is 6.59. The Hall–Kier alpha value is -2.20. The van der Waals surface area contributed by atoms with Gasteiger partial charge in [-0.15, -0.1) is 0 Å². The second-order valence-corrected chi connectivity index (χ2v) is 4.62. The summed E-state index contributed by atoms with van der Waals surface area (Å²) in [5.74, 6) is 1.19. The molecule has 0 amide bonds. The molecule has 4 nitrogen and oxygen atoms in total. The molecule has 5 heteroatoms. The highest BCUT2D eigenvalue weighted by Gasteiger charge is 2.21. The Morgan fingerprint density at radius 3 is 2.05 bits per heavy atom. The van der Waals surface area contributed by atoms with E-state index in [2.05, 4.69) is 0 Å². The maximum Gasteiger partial charge on any atom is 0.202 e. The number of rotatable bonds is 5. The monoisotopic (exact) mass is 306 g/mol. The van der Waals surface area contributed by atoms with Crippen LogP contribution >= 0.6 is 11.6 Å². The summed E-state index contributed by atoms with van der Waals surface area (Å²) in [6.07, 6.45) is 0. The standard InChI is InChI=1S/C16H15ClO4/c1-19-10-7-8-11(12(17)9-10)16(18)15-13(20-2)5-4-6-14(15)21-3/h4-9H,1-3H3. The molecule has 0 bridgehead atoms. The Bertz CT molecular complexity index is 645. The summed E-state index contributed by atoms with van der Waals surface area (Å²) >= 11 is 6.16. The minimum Gasteiger partial charge on any atom is -0.497 e. The molecule has 110 valence electrons. The zero-order valence-corrected chi connectivity index (χ0v) is 12.7. The fraction of sp³-hybridized carbons (Fsp3) is 0.188. The third kappa shape index (κ3) is 2.95. The summed E-state index contributed by atoms with van der Waals surface area (Å²) in [4.78, 5) is 12.7. The molecule has 0 fully saturated rings. The van der Waals surface area contributed by atoms with Crippen LogP contribution in [0.2, 0.25) is 5.02 Å². The molecule has 2 rings (SSSR count). The van der Waals surface area contributed by atoms with Gasteiger partial charge in [0.25, 0.3) is 0 Å². The van der Waals surface area contributed by atoms with Crippen molar-refractivity contribution in [3.8, 4) is 17.2 Å². The molecule has 0 aromatic heterocycles. The van der Waals surface area contributed by atoms with E-state index in [1.54, 1.807) is 36.4 Å². The number of benzene rings is 2. The van der Waals surface area contributed by atoms with Crippen LogP contribution in [-0.4, -0.2) is 27.1 Å². The molecule has 0 aliphatic rings. The van der Waals surface area contributed by atoms with Crippen molar-refractivity contribution in [2.24, 2.45) is 0 Å². The lowest BCUT2D eigenvalue weighted by Gasteiger charge is -2.13. The molecule has 0 heterocycles. The zero-order valence-electron chi connectivity index (χ0n) is 12.0. The number of methoxy groups -OCH3 is 3. The van der Waals surface area contributed by atoms with Crippen molar-refractivity contribution in [2.45, 2.75) is 0 Å². The fourth-order valence-electron chi connectivity index (χ4n) is 2.02. The Morgan fingerprint density at radius 1 is 0.952 bits per heavy atom. The topological polar surface area (TPSA) is 44.8 Å². The van der Waals surface area contributed by atoms with Gasteiger partial charge in [-0.3, -0.25) is 4.79 Å². The highest BCUT2D eigenvalue weighted by Crippen LogP contribution is 2.33. The fourth-order valence-corrected chi connectivity index (χ4v) is 2.27. The summed E-state index contributed by atoms with van der Waals surface area (Å²) in [6.45, 7) is 0. The molecule has 0 unspecified atom stereocenters. The summed E-state index contributed by atoms with van der Waals surface area (Å²) in [6, 6.07) is 10.1. The largest absolute Gasteiger partial charge is 0.497 e. The van der Waals surface area contributed by atoms with Crippen LogP contribution in [0.4, 0.5) is 0 Å². The van der Waals surface area contributed by atoms with Crippen molar-refractivity contribution in [3.05, 3.63) is 52.5 Å². The first kappa shape index (κ1) is 15.2. The minimum atomic E-state index is -0.267. The summed E-state index contributed by atoms with van der Waals surface area (Å²) in [7, 11) is 4.54. The van der Waals surface area contributed by atoms with Gasteiger partial charge in [0.05, 0.1) is 26.4 Å². The van der Waals surface area contributed by atoms with Gasteiger partial charge >= 0.3 is 0 Å². The second kappa shape index (κ2) is 6.50. The molecule has 21 heavy (non-hydrogen) atoms. The first-order chi connectivity index (χ1) is 10.1. The Labute approximate surface area is 128 Å². The Morgan fingerprint density at radius 2 is 1.57 bits per heavy atom. The van der Waals surface area contributed by atoms with Crippen LogP contribution in [0.5, 0.6) is 17.2 Å². The number of hydrogen-bond acceptors (Lipinski definition) is 4. The van der Waals surface area contributed by atoms with Crippen molar-refractivity contribution in [1.29, 1.82) is 0 Å². The lowest BCUT2D eigenvalue weighted by molar-refractivity contribution is 0.103. The zero-order chi connectivity index (χ0) is 15.4. The normalized spacial score (nSPS) is 10.1. The van der Waals surface area contributed by atoms with E-state index in [1.807, 2.05) is 0 Å². The molecule has 0 saturated carbocycles. The maximum atomic E-state index is 12.7. The van der Waals surface area contributed by atoms with Crippen LogP contribution in [0.1, 0.15) is 15.9 Å². The SMILES string of the molecule is COc1ccc(C(=O)c2c(OC)cccc2OC)c(Cl)c1. The van der Waals surface area contributed by atoms with Gasteiger partial charge < -0.3 is 14.2 Å². The molecular weight excluding hydrogens is 292 g/mol. The van der Waals surface area contributed by atoms with Crippen molar-refractivity contribution < 1.29 is 19.0 Å². The Kier molecular flexibility index (Phi) is 4.70. The average molecular weight is 307 g/mol. The number of carbonyl (C=O) groups excluding carboxylic acids is 1. The highest BCUT2D eigenvalue weighted by atomic mass is 35.5. The van der Waals surface area contributed by atoms with Crippen molar-refractivity contribution in [1.82, 2.24) is 0 Å². The van der Waals surface area contributed by atoms with E-state index in [0.717, 1.165) is 0 Å². The smallest absolute Gasteiger partial charge is 0.202 e. The predicted octanol–water partition coefficient (Wildman–Crippen LogP) is 3.60. The van der Waals surface area contributed by atoms with Crippen LogP contribution in [0, 0.1) is 0 Å². The van der Waals surface area contributed by atoms with Crippen molar-refractivity contribution >= 4 is 17.4 Å². The van der Waals surface area contributed by atoms with Gasteiger partial charge in [-0.1, -0.05) is 17.7 Å². The molecule has 0 spiro atoms. The predicted molar refractivity (Wildman–Crippen MR) is 81.0 cm³/mol. The Balaban J connectivity index is 2.54. The molecule has 2 aromatic rings. The third-order valence-corrected chi connectivity index (χ3v) is 3.39. The van der Waals surface area contributed by atoms with Gasteiger partial charge in [0.2, 0.25) is 5.78 Å². The summed E-state index contributed by atoms with van der Waals surface area (Å²) in [5, 5.41) is 0.312. The van der Waals surface area contributed by atoms with Gasteiger partial charge in [0, 0.05) is 5.56 Å². The van der Waals surface area contributed by atoms with Crippen LogP contribution < -0.4 is 14.2 Å². The van der Waals surface area contributed by atoms with Crippen molar-refractivity contribution in [2.75, 3.05) is 21.3 Å². The summed E-state index contributed by atoms with van der Waals surface area (Å²) in [5.41, 5.74) is 0.704. The molecule has 0 atom stereocenters. The highest BCUT2D eigenvalue weighted by molar-refractivity contribution is 6.35. The van der Waals surface area contributed by atoms with E-state index in [4.69, 9.17) is 25.8 Å². The molecule has 0 radical (unpaired) electrons. The number of ketones is 1. The van der Waals surface area contributed by atoms with Crippen LogP contribution in [0.3, 0.4) is 0 Å². The first-order valence-electron chi connectivity index (χ1n) is 6.21. The third-order valence-electron chi connectivity index (χ3n) is 3.08. The van der Waals surface area contributed by atoms with E-state index in [0.29, 0.717) is 33.4 Å². The lowest BCUT2D eigenvalue weighted by Crippen LogP contribution is -2.07. The maximum absolute atomic E-state index is 12.7. The van der Waals surface area contributed by atoms with Crippen LogP contribution in [0.15, 0.2) is 36.4 Å². The van der Waals surface area contributed by atoms with Gasteiger partial charge in [-0.2, -0.15) is 0 Å². The molecule has 0 N–H and O–H groups in total. The number of ether oxygens (including phenoxy) is 3. The number of carbonyl (C=O) groups is 1. The average Bonchev–Trinajstić information content (AvgIpc) is 2.53. The van der Waals surface area contributed by atoms with Crippen molar-refractivity contribution in [3.63, 3.8) is 0 Å². The van der Waals surface area contributed by atoms with Crippen LogP contribution in [0.25, 0.3) is 0 Å². The van der Waals surface area contributed by atoms with Gasteiger partial charge in [0.1, 0.15) is 22.8 Å². The molecule has 0 aliphatic carbocycles. The van der Waals surface area contributed by atoms with Gasteiger partial charge in [0.15, 0.2) is 0 Å². The second-order valence-electron chi connectivity index (χ2n) is 4.21. The van der Waals surface area contributed by atoms with E-state index < -0.39 is 0 Å². The number of halogens is 1.